The lowest BCUT2D eigenvalue weighted by Crippen LogP contribution is -2.48. The van der Waals surface area contributed by atoms with E-state index < -0.39 is 0 Å². The molecule has 32 heavy (non-hydrogen) atoms. The molecule has 3 aromatic rings. The Morgan fingerprint density at radius 3 is 2.44 bits per heavy atom. The van der Waals surface area contributed by atoms with Gasteiger partial charge in [0, 0.05) is 42.3 Å². The van der Waals surface area contributed by atoms with Gasteiger partial charge >= 0.3 is 0 Å². The number of carbonyl (C=O) groups excluding carboxylic acids is 1. The zero-order valence-electron chi connectivity index (χ0n) is 17.0. The van der Waals surface area contributed by atoms with Crippen molar-refractivity contribution in [1.29, 1.82) is 0 Å². The Balaban J connectivity index is 1.24. The molecule has 0 N–H and O–H groups in total. The Morgan fingerprint density at radius 2 is 1.69 bits per heavy atom. The number of nitrogens with zero attached hydrogens (tertiary/aromatic N) is 3. The zero-order valence-corrected chi connectivity index (χ0v) is 19.4. The fraction of sp³-hybridized carbons (Fsp3) is 0.167. The number of hydrogen-bond donors (Lipinski definition) is 0. The van der Waals surface area contributed by atoms with Crippen LogP contribution in [0.2, 0.25) is 0 Å². The number of anilines is 1. The summed E-state index contributed by atoms with van der Waals surface area (Å²) in [6.07, 6.45) is 1.74. The summed E-state index contributed by atoms with van der Waals surface area (Å²) in [7, 11) is 0. The summed E-state index contributed by atoms with van der Waals surface area (Å²) >= 11 is 4.78. The smallest absolute Gasteiger partial charge is 0.286 e. The van der Waals surface area contributed by atoms with Crippen molar-refractivity contribution >= 4 is 50.5 Å². The average molecular weight is 512 g/mol. The monoisotopic (exact) mass is 511 g/mol. The van der Waals surface area contributed by atoms with E-state index in [1.165, 1.54) is 17.8 Å². The summed E-state index contributed by atoms with van der Waals surface area (Å²) in [6.45, 7) is 2.69. The van der Waals surface area contributed by atoms with Crippen LogP contribution in [0.3, 0.4) is 0 Å². The third kappa shape index (κ3) is 4.38. The van der Waals surface area contributed by atoms with E-state index in [4.69, 9.17) is 4.42 Å². The van der Waals surface area contributed by atoms with Crippen molar-refractivity contribution in [3.8, 4) is 11.3 Å². The van der Waals surface area contributed by atoms with E-state index in [0.29, 0.717) is 47.7 Å². The fourth-order valence-corrected chi connectivity index (χ4v) is 4.92. The Morgan fingerprint density at radius 1 is 0.969 bits per heavy atom. The van der Waals surface area contributed by atoms with E-state index in [2.05, 4.69) is 25.8 Å². The van der Waals surface area contributed by atoms with E-state index in [1.54, 1.807) is 18.2 Å². The van der Waals surface area contributed by atoms with Gasteiger partial charge in [-0.05, 0) is 48.2 Å². The number of thioether (sulfide) groups is 1. The van der Waals surface area contributed by atoms with E-state index >= 15 is 0 Å². The predicted molar refractivity (Wildman–Crippen MR) is 130 cm³/mol. The van der Waals surface area contributed by atoms with Gasteiger partial charge in [0.1, 0.15) is 17.3 Å². The molecule has 2 aliphatic rings. The Hall–Kier alpha value is -2.84. The number of amides is 1. The molecule has 5 nitrogen and oxygen atoms in total. The SMILES string of the molecule is O=C1N=C(N2CCN(c3ccccc3F)CC2)S/C1=C/c1ccc(-c2ccc(Br)cc2)o1. The number of aliphatic imine (C=N–C) groups is 1. The number of rotatable bonds is 3. The molecule has 162 valence electrons. The minimum atomic E-state index is -0.261. The summed E-state index contributed by atoms with van der Waals surface area (Å²) < 4.78 is 21.0. The number of carbonyl (C=O) groups is 1. The minimum absolute atomic E-state index is 0.213. The lowest BCUT2D eigenvalue weighted by Gasteiger charge is -2.36. The van der Waals surface area contributed by atoms with Gasteiger partial charge in [0.25, 0.3) is 5.91 Å². The summed E-state index contributed by atoms with van der Waals surface area (Å²) in [5, 5.41) is 0.689. The normalized spacial score (nSPS) is 17.9. The van der Waals surface area contributed by atoms with Crippen molar-refractivity contribution in [3.05, 3.63) is 81.6 Å². The molecular formula is C24H19BrFN3O2S. The van der Waals surface area contributed by atoms with Gasteiger partial charge in [0.15, 0.2) is 5.17 Å². The first-order valence-electron chi connectivity index (χ1n) is 10.2. The van der Waals surface area contributed by atoms with Crippen molar-refractivity contribution < 1.29 is 13.6 Å². The van der Waals surface area contributed by atoms with E-state index in [9.17, 15) is 9.18 Å². The van der Waals surface area contributed by atoms with Crippen LogP contribution in [0.15, 0.2) is 79.5 Å². The molecule has 0 aliphatic carbocycles. The number of piperazine rings is 1. The molecule has 1 fully saturated rings. The number of amidine groups is 1. The van der Waals surface area contributed by atoms with Crippen LogP contribution < -0.4 is 4.90 Å². The van der Waals surface area contributed by atoms with Gasteiger partial charge in [0.2, 0.25) is 0 Å². The second-order valence-electron chi connectivity index (χ2n) is 7.44. The molecule has 2 aliphatic heterocycles. The Bertz CT molecular complexity index is 1210. The van der Waals surface area contributed by atoms with Gasteiger partial charge in [-0.25, -0.2) is 4.39 Å². The summed E-state index contributed by atoms with van der Waals surface area (Å²) in [5.41, 5.74) is 1.58. The molecule has 0 atom stereocenters. The van der Waals surface area contributed by atoms with E-state index in [0.717, 1.165) is 15.8 Å². The molecule has 8 heteroatoms. The predicted octanol–water partition coefficient (Wildman–Crippen LogP) is 5.64. The molecule has 2 aromatic carbocycles. The van der Waals surface area contributed by atoms with Gasteiger partial charge < -0.3 is 14.2 Å². The number of furan rings is 1. The van der Waals surface area contributed by atoms with Crippen LogP contribution >= 0.6 is 27.7 Å². The molecule has 3 heterocycles. The van der Waals surface area contributed by atoms with E-state index in [1.807, 2.05) is 47.4 Å². The maximum atomic E-state index is 14.1. The lowest BCUT2D eigenvalue weighted by molar-refractivity contribution is -0.113. The first-order valence-corrected chi connectivity index (χ1v) is 11.8. The molecule has 0 bridgehead atoms. The third-order valence-corrected chi connectivity index (χ3v) is 6.95. The molecule has 1 amide bonds. The maximum absolute atomic E-state index is 14.1. The quantitative estimate of drug-likeness (QED) is 0.425. The zero-order chi connectivity index (χ0) is 22.1. The van der Waals surface area contributed by atoms with Crippen molar-refractivity contribution in [1.82, 2.24) is 4.90 Å². The highest BCUT2D eigenvalue weighted by Gasteiger charge is 2.29. The summed E-state index contributed by atoms with van der Waals surface area (Å²) in [4.78, 5) is 21.3. The first kappa shape index (κ1) is 21.0. The van der Waals surface area contributed by atoms with E-state index in [-0.39, 0.29) is 11.7 Å². The number of benzene rings is 2. The van der Waals surface area contributed by atoms with Crippen LogP contribution in [0.4, 0.5) is 10.1 Å². The largest absolute Gasteiger partial charge is 0.457 e. The summed E-state index contributed by atoms with van der Waals surface area (Å²) in [6, 6.07) is 18.4. The standard InChI is InChI=1S/C24H19BrFN3O2S/c25-17-7-5-16(6-8-17)21-10-9-18(31-21)15-22-23(30)27-24(32-22)29-13-11-28(12-14-29)20-4-2-1-3-19(20)26/h1-10,15H,11-14H2/b22-15+. The Kier molecular flexibility index (Phi) is 5.89. The lowest BCUT2D eigenvalue weighted by atomic mass is 10.2. The van der Waals surface area contributed by atoms with Crippen LogP contribution in [0.5, 0.6) is 0 Å². The van der Waals surface area contributed by atoms with Gasteiger partial charge in [-0.3, -0.25) is 4.79 Å². The Labute approximate surface area is 197 Å². The van der Waals surface area contributed by atoms with Gasteiger partial charge in [-0.15, -0.1) is 0 Å². The van der Waals surface area contributed by atoms with Crippen molar-refractivity contribution in [2.45, 2.75) is 0 Å². The molecular weight excluding hydrogens is 493 g/mol. The van der Waals surface area contributed by atoms with Crippen LogP contribution in [0.25, 0.3) is 17.4 Å². The first-order chi connectivity index (χ1) is 15.6. The maximum Gasteiger partial charge on any atom is 0.286 e. The topological polar surface area (TPSA) is 49.1 Å². The number of hydrogen-bond acceptors (Lipinski definition) is 5. The molecule has 0 unspecified atom stereocenters. The molecule has 0 spiro atoms. The highest BCUT2D eigenvalue weighted by Crippen LogP contribution is 2.33. The van der Waals surface area contributed by atoms with Crippen LogP contribution in [0, 0.1) is 5.82 Å². The molecule has 0 saturated carbocycles. The second kappa shape index (κ2) is 8.96. The van der Waals surface area contributed by atoms with Crippen LogP contribution in [-0.2, 0) is 4.79 Å². The number of halogens is 2. The van der Waals surface area contributed by atoms with Crippen molar-refractivity contribution in [2.24, 2.45) is 4.99 Å². The second-order valence-corrected chi connectivity index (χ2v) is 9.37. The van der Waals surface area contributed by atoms with Gasteiger partial charge in [0.05, 0.1) is 10.6 Å². The molecule has 0 radical (unpaired) electrons. The van der Waals surface area contributed by atoms with Crippen LogP contribution in [0.1, 0.15) is 5.76 Å². The van der Waals surface area contributed by atoms with Crippen molar-refractivity contribution in [3.63, 3.8) is 0 Å². The molecule has 1 saturated heterocycles. The highest BCUT2D eigenvalue weighted by molar-refractivity contribution is 9.10. The van der Waals surface area contributed by atoms with Crippen LogP contribution in [-0.4, -0.2) is 42.2 Å². The summed E-state index contributed by atoms with van der Waals surface area (Å²) in [5.74, 6) is 0.878. The third-order valence-electron chi connectivity index (χ3n) is 5.38. The average Bonchev–Trinajstić information content (AvgIpc) is 3.42. The minimum Gasteiger partial charge on any atom is -0.457 e. The molecule has 1 aromatic heterocycles. The van der Waals surface area contributed by atoms with Gasteiger partial charge in [-0.2, -0.15) is 4.99 Å². The fourth-order valence-electron chi connectivity index (χ4n) is 3.71. The number of para-hydroxylation sites is 1. The highest BCUT2D eigenvalue weighted by atomic mass is 79.9. The van der Waals surface area contributed by atoms with Crippen molar-refractivity contribution in [2.75, 3.05) is 31.1 Å². The molecule has 5 rings (SSSR count). The van der Waals surface area contributed by atoms with Gasteiger partial charge in [-0.1, -0.05) is 40.2 Å².